The highest BCUT2D eigenvalue weighted by Crippen LogP contribution is 2.21. The van der Waals surface area contributed by atoms with Gasteiger partial charge in [0.15, 0.2) is 0 Å². The lowest BCUT2D eigenvalue weighted by atomic mass is 10.1. The van der Waals surface area contributed by atoms with Crippen LogP contribution in [0.3, 0.4) is 0 Å². The SMILES string of the molecule is COCCN(CC(C)C)C(=O)NCc1cccnc1N1CCCCC1. The van der Waals surface area contributed by atoms with Crippen LogP contribution >= 0.6 is 0 Å². The number of anilines is 1. The standard InChI is InChI=1S/C19H32N4O2/c1-16(2)15-23(12-13-25-3)19(24)21-14-17-8-7-9-20-18(17)22-10-5-4-6-11-22/h7-9,16H,4-6,10-15H2,1-3H3,(H,21,24). The fourth-order valence-electron chi connectivity index (χ4n) is 3.16. The Kier molecular flexibility index (Phi) is 7.98. The highest BCUT2D eigenvalue weighted by Gasteiger charge is 2.18. The number of pyridine rings is 1. The molecule has 0 unspecified atom stereocenters. The van der Waals surface area contributed by atoms with Crippen LogP contribution in [0.5, 0.6) is 0 Å². The molecule has 0 radical (unpaired) electrons. The van der Waals surface area contributed by atoms with E-state index in [0.717, 1.165) is 31.0 Å². The molecule has 1 N–H and O–H groups in total. The number of amides is 2. The maximum atomic E-state index is 12.6. The predicted octanol–water partition coefficient (Wildman–Crippen LogP) is 2.89. The molecule has 0 saturated carbocycles. The Morgan fingerprint density at radius 3 is 2.80 bits per heavy atom. The van der Waals surface area contributed by atoms with Crippen molar-refractivity contribution in [2.24, 2.45) is 5.92 Å². The molecule has 25 heavy (non-hydrogen) atoms. The van der Waals surface area contributed by atoms with Gasteiger partial charge in [0.1, 0.15) is 5.82 Å². The largest absolute Gasteiger partial charge is 0.383 e. The number of rotatable bonds is 8. The molecule has 2 heterocycles. The van der Waals surface area contributed by atoms with Crippen molar-refractivity contribution >= 4 is 11.8 Å². The number of carbonyl (C=O) groups is 1. The van der Waals surface area contributed by atoms with Gasteiger partial charge in [-0.25, -0.2) is 9.78 Å². The summed E-state index contributed by atoms with van der Waals surface area (Å²) in [4.78, 5) is 21.3. The quantitative estimate of drug-likeness (QED) is 0.785. The first-order valence-corrected chi connectivity index (χ1v) is 9.32. The summed E-state index contributed by atoms with van der Waals surface area (Å²) in [6, 6.07) is 3.95. The van der Waals surface area contributed by atoms with Crippen molar-refractivity contribution in [3.05, 3.63) is 23.9 Å². The lowest BCUT2D eigenvalue weighted by Gasteiger charge is -2.30. The van der Waals surface area contributed by atoms with E-state index in [9.17, 15) is 4.79 Å². The second-order valence-corrected chi connectivity index (χ2v) is 7.03. The molecule has 6 heteroatoms. The highest BCUT2D eigenvalue weighted by atomic mass is 16.5. The molecular formula is C19H32N4O2. The van der Waals surface area contributed by atoms with E-state index in [4.69, 9.17) is 4.74 Å². The molecule has 0 aromatic carbocycles. The van der Waals surface area contributed by atoms with Gasteiger partial charge in [-0.3, -0.25) is 0 Å². The normalized spacial score (nSPS) is 14.6. The summed E-state index contributed by atoms with van der Waals surface area (Å²) in [5, 5.41) is 3.06. The van der Waals surface area contributed by atoms with Crippen LogP contribution < -0.4 is 10.2 Å². The Morgan fingerprint density at radius 2 is 2.12 bits per heavy atom. The number of carbonyl (C=O) groups excluding carboxylic acids is 1. The summed E-state index contributed by atoms with van der Waals surface area (Å²) >= 11 is 0. The first-order chi connectivity index (χ1) is 12.1. The van der Waals surface area contributed by atoms with Gasteiger partial charge < -0.3 is 19.9 Å². The zero-order chi connectivity index (χ0) is 18.1. The van der Waals surface area contributed by atoms with E-state index in [2.05, 4.69) is 35.1 Å². The van der Waals surface area contributed by atoms with E-state index in [1.165, 1.54) is 19.3 Å². The number of ether oxygens (including phenoxy) is 1. The molecule has 1 aromatic rings. The average molecular weight is 348 g/mol. The van der Waals surface area contributed by atoms with Gasteiger partial charge in [0, 0.05) is 51.6 Å². The Labute approximate surface area is 151 Å². The zero-order valence-corrected chi connectivity index (χ0v) is 15.8. The van der Waals surface area contributed by atoms with Crippen LogP contribution in [0.4, 0.5) is 10.6 Å². The van der Waals surface area contributed by atoms with Crippen LogP contribution in [-0.4, -0.2) is 55.8 Å². The molecule has 0 atom stereocenters. The number of hydrogen-bond donors (Lipinski definition) is 1. The summed E-state index contributed by atoms with van der Waals surface area (Å²) < 4.78 is 5.13. The van der Waals surface area contributed by atoms with E-state index in [1.54, 1.807) is 7.11 Å². The molecule has 0 bridgehead atoms. The molecule has 1 fully saturated rings. The average Bonchev–Trinajstić information content (AvgIpc) is 2.64. The van der Waals surface area contributed by atoms with E-state index < -0.39 is 0 Å². The molecule has 1 aromatic heterocycles. The Balaban J connectivity index is 1.98. The van der Waals surface area contributed by atoms with Crippen LogP contribution in [0.1, 0.15) is 38.7 Å². The van der Waals surface area contributed by atoms with Crippen LogP contribution in [-0.2, 0) is 11.3 Å². The van der Waals surface area contributed by atoms with Crippen molar-refractivity contribution in [2.45, 2.75) is 39.7 Å². The van der Waals surface area contributed by atoms with E-state index >= 15 is 0 Å². The van der Waals surface area contributed by atoms with Gasteiger partial charge in [-0.05, 0) is 31.2 Å². The smallest absolute Gasteiger partial charge is 0.317 e. The van der Waals surface area contributed by atoms with Crippen molar-refractivity contribution in [3.8, 4) is 0 Å². The third kappa shape index (κ3) is 6.20. The number of nitrogens with one attached hydrogen (secondary N) is 1. The monoisotopic (exact) mass is 348 g/mol. The van der Waals surface area contributed by atoms with Gasteiger partial charge >= 0.3 is 6.03 Å². The number of hydrogen-bond acceptors (Lipinski definition) is 4. The summed E-state index contributed by atoms with van der Waals surface area (Å²) in [6.45, 7) is 8.70. The van der Waals surface area contributed by atoms with Crippen LogP contribution in [0.25, 0.3) is 0 Å². The summed E-state index contributed by atoms with van der Waals surface area (Å²) in [6.07, 6.45) is 5.54. The van der Waals surface area contributed by atoms with Crippen LogP contribution in [0.15, 0.2) is 18.3 Å². The Morgan fingerprint density at radius 1 is 1.36 bits per heavy atom. The molecule has 2 rings (SSSR count). The highest BCUT2D eigenvalue weighted by molar-refractivity contribution is 5.74. The fourth-order valence-corrected chi connectivity index (χ4v) is 3.16. The van der Waals surface area contributed by atoms with E-state index in [0.29, 0.717) is 25.6 Å². The predicted molar refractivity (Wildman–Crippen MR) is 101 cm³/mol. The number of urea groups is 1. The third-order valence-electron chi connectivity index (χ3n) is 4.39. The lowest BCUT2D eigenvalue weighted by molar-refractivity contribution is 0.143. The molecule has 1 aliphatic rings. The number of piperidine rings is 1. The molecule has 0 spiro atoms. The van der Waals surface area contributed by atoms with Gasteiger partial charge in [-0.15, -0.1) is 0 Å². The van der Waals surface area contributed by atoms with E-state index in [1.807, 2.05) is 17.2 Å². The summed E-state index contributed by atoms with van der Waals surface area (Å²) in [5.74, 6) is 1.43. The molecule has 6 nitrogen and oxygen atoms in total. The van der Waals surface area contributed by atoms with Crippen molar-refractivity contribution in [1.29, 1.82) is 0 Å². The van der Waals surface area contributed by atoms with E-state index in [-0.39, 0.29) is 6.03 Å². The minimum Gasteiger partial charge on any atom is -0.383 e. The first kappa shape index (κ1) is 19.5. The van der Waals surface area contributed by atoms with Gasteiger partial charge in [-0.2, -0.15) is 0 Å². The second kappa shape index (κ2) is 10.2. The number of aromatic nitrogens is 1. The molecule has 140 valence electrons. The summed E-state index contributed by atoms with van der Waals surface area (Å²) in [7, 11) is 1.66. The maximum Gasteiger partial charge on any atom is 0.317 e. The summed E-state index contributed by atoms with van der Waals surface area (Å²) in [5.41, 5.74) is 1.08. The number of methoxy groups -OCH3 is 1. The van der Waals surface area contributed by atoms with Gasteiger partial charge in [0.25, 0.3) is 0 Å². The molecule has 1 aliphatic heterocycles. The second-order valence-electron chi connectivity index (χ2n) is 7.03. The van der Waals surface area contributed by atoms with Gasteiger partial charge in [0.05, 0.1) is 6.61 Å². The Hall–Kier alpha value is -1.82. The Bertz CT molecular complexity index is 530. The van der Waals surface area contributed by atoms with Crippen molar-refractivity contribution in [1.82, 2.24) is 15.2 Å². The van der Waals surface area contributed by atoms with Crippen LogP contribution in [0, 0.1) is 5.92 Å². The zero-order valence-electron chi connectivity index (χ0n) is 15.8. The minimum atomic E-state index is -0.0424. The van der Waals surface area contributed by atoms with Crippen molar-refractivity contribution in [3.63, 3.8) is 0 Å². The minimum absolute atomic E-state index is 0.0424. The van der Waals surface area contributed by atoms with Gasteiger partial charge in [0.2, 0.25) is 0 Å². The van der Waals surface area contributed by atoms with Crippen molar-refractivity contribution < 1.29 is 9.53 Å². The molecule has 1 saturated heterocycles. The third-order valence-corrected chi connectivity index (χ3v) is 4.39. The van der Waals surface area contributed by atoms with Crippen LogP contribution in [0.2, 0.25) is 0 Å². The maximum absolute atomic E-state index is 12.6. The molecule has 0 aliphatic carbocycles. The fraction of sp³-hybridized carbons (Fsp3) is 0.684. The van der Waals surface area contributed by atoms with Gasteiger partial charge in [-0.1, -0.05) is 19.9 Å². The molecular weight excluding hydrogens is 316 g/mol. The molecule has 2 amide bonds. The first-order valence-electron chi connectivity index (χ1n) is 9.32. The topological polar surface area (TPSA) is 57.7 Å². The van der Waals surface area contributed by atoms with Crippen molar-refractivity contribution in [2.75, 3.05) is 44.8 Å². The lowest BCUT2D eigenvalue weighted by Crippen LogP contribution is -2.43. The number of nitrogens with zero attached hydrogens (tertiary/aromatic N) is 3.